The predicted octanol–water partition coefficient (Wildman–Crippen LogP) is 2.38. The van der Waals surface area contributed by atoms with Crippen LogP contribution in [0.25, 0.3) is 10.2 Å². The van der Waals surface area contributed by atoms with Crippen molar-refractivity contribution in [1.29, 1.82) is 0 Å². The topological polar surface area (TPSA) is 74.8 Å². The van der Waals surface area contributed by atoms with Gasteiger partial charge in [-0.05, 0) is 31.7 Å². The first-order valence-electron chi connectivity index (χ1n) is 6.32. The second-order valence-corrected chi connectivity index (χ2v) is 6.94. The molecule has 0 aromatic carbocycles. The van der Waals surface area contributed by atoms with Gasteiger partial charge in [0.25, 0.3) is 5.56 Å². The first-order chi connectivity index (χ1) is 9.41. The number of H-pyrrole nitrogens is 1. The molecule has 0 fully saturated rings. The molecule has 20 heavy (non-hydrogen) atoms. The fraction of sp³-hybridized carbons (Fsp3) is 0.462. The van der Waals surface area contributed by atoms with Crippen molar-refractivity contribution in [1.82, 2.24) is 15.3 Å². The Bertz CT molecular complexity index is 676. The van der Waals surface area contributed by atoms with Gasteiger partial charge in [-0.3, -0.25) is 9.59 Å². The Morgan fingerprint density at radius 3 is 3.00 bits per heavy atom. The molecule has 0 saturated carbocycles. The number of carbonyl (C=O) groups excluding carboxylic acids is 1. The molecule has 2 N–H and O–H groups in total. The Labute approximate surface area is 125 Å². The third kappa shape index (κ3) is 3.61. The van der Waals surface area contributed by atoms with Gasteiger partial charge in [0.2, 0.25) is 5.91 Å². The van der Waals surface area contributed by atoms with Gasteiger partial charge in [0.05, 0.1) is 11.1 Å². The fourth-order valence-corrected chi connectivity index (χ4v) is 3.03. The largest absolute Gasteiger partial charge is 0.351 e. The molecule has 2 heterocycles. The molecule has 0 unspecified atom stereocenters. The van der Waals surface area contributed by atoms with E-state index in [9.17, 15) is 9.59 Å². The van der Waals surface area contributed by atoms with Gasteiger partial charge < -0.3 is 10.3 Å². The third-order valence-electron chi connectivity index (χ3n) is 3.01. The number of hydrogen-bond donors (Lipinski definition) is 2. The lowest BCUT2D eigenvalue weighted by Crippen LogP contribution is -2.43. The number of nitrogens with one attached hydrogen (secondary N) is 2. The van der Waals surface area contributed by atoms with Gasteiger partial charge in [0, 0.05) is 5.54 Å². The number of thiophene rings is 1. The lowest BCUT2D eigenvalue weighted by molar-refractivity contribution is -0.120. The molecule has 2 rings (SSSR count). The Morgan fingerprint density at radius 1 is 1.55 bits per heavy atom. The second kappa shape index (κ2) is 5.97. The van der Waals surface area contributed by atoms with Crippen LogP contribution in [-0.4, -0.2) is 27.2 Å². The highest BCUT2D eigenvalue weighted by molar-refractivity contribution is 7.99. The molecule has 0 atom stereocenters. The molecule has 0 saturated heterocycles. The van der Waals surface area contributed by atoms with Crippen LogP contribution in [0.2, 0.25) is 0 Å². The van der Waals surface area contributed by atoms with E-state index in [2.05, 4.69) is 15.3 Å². The number of nitrogens with zero attached hydrogens (tertiary/aromatic N) is 1. The van der Waals surface area contributed by atoms with Crippen LogP contribution in [0, 0.1) is 0 Å². The SMILES string of the molecule is CCC(C)(C)NC(=O)CSc1nc2sccc2c(=O)[nH]1. The number of thioether (sulfide) groups is 1. The summed E-state index contributed by atoms with van der Waals surface area (Å²) in [7, 11) is 0. The third-order valence-corrected chi connectivity index (χ3v) is 4.69. The van der Waals surface area contributed by atoms with Crippen LogP contribution in [0.1, 0.15) is 27.2 Å². The maximum absolute atomic E-state index is 11.8. The minimum absolute atomic E-state index is 0.0595. The van der Waals surface area contributed by atoms with E-state index in [-0.39, 0.29) is 22.8 Å². The smallest absolute Gasteiger partial charge is 0.260 e. The Kier molecular flexibility index (Phi) is 4.49. The van der Waals surface area contributed by atoms with Gasteiger partial charge in [-0.25, -0.2) is 4.98 Å². The number of aromatic nitrogens is 2. The molecule has 108 valence electrons. The standard InChI is InChI=1S/C13H17N3O2S2/c1-4-13(2,3)16-9(17)7-20-12-14-10(18)8-5-6-19-11(8)15-12/h5-6H,4,7H2,1-3H3,(H,16,17)(H,14,15,18). The zero-order valence-electron chi connectivity index (χ0n) is 11.6. The van der Waals surface area contributed by atoms with Crippen molar-refractivity contribution in [2.45, 2.75) is 37.9 Å². The summed E-state index contributed by atoms with van der Waals surface area (Å²) in [6.07, 6.45) is 0.861. The minimum Gasteiger partial charge on any atom is -0.351 e. The van der Waals surface area contributed by atoms with E-state index >= 15 is 0 Å². The summed E-state index contributed by atoms with van der Waals surface area (Å²) in [6.45, 7) is 5.98. The Morgan fingerprint density at radius 2 is 2.30 bits per heavy atom. The molecule has 2 aromatic heterocycles. The van der Waals surface area contributed by atoms with Crippen molar-refractivity contribution >= 4 is 39.2 Å². The van der Waals surface area contributed by atoms with Crippen LogP contribution in [0.4, 0.5) is 0 Å². The van der Waals surface area contributed by atoms with Crippen molar-refractivity contribution in [2.24, 2.45) is 0 Å². The summed E-state index contributed by atoms with van der Waals surface area (Å²) >= 11 is 2.66. The van der Waals surface area contributed by atoms with Crippen molar-refractivity contribution in [3.05, 3.63) is 21.8 Å². The van der Waals surface area contributed by atoms with Crippen LogP contribution in [0.15, 0.2) is 21.4 Å². The van der Waals surface area contributed by atoms with Crippen LogP contribution < -0.4 is 10.9 Å². The number of hydrogen-bond acceptors (Lipinski definition) is 5. The van der Waals surface area contributed by atoms with Crippen molar-refractivity contribution in [3.8, 4) is 0 Å². The number of fused-ring (bicyclic) bond motifs is 1. The second-order valence-electron chi connectivity index (χ2n) is 5.08. The normalized spacial score (nSPS) is 11.8. The van der Waals surface area contributed by atoms with E-state index in [1.54, 1.807) is 6.07 Å². The highest BCUT2D eigenvalue weighted by Crippen LogP contribution is 2.18. The van der Waals surface area contributed by atoms with Crippen molar-refractivity contribution in [3.63, 3.8) is 0 Å². The maximum Gasteiger partial charge on any atom is 0.260 e. The highest BCUT2D eigenvalue weighted by Gasteiger charge is 2.18. The zero-order valence-corrected chi connectivity index (χ0v) is 13.3. The van der Waals surface area contributed by atoms with Gasteiger partial charge in [-0.15, -0.1) is 11.3 Å². The average molecular weight is 311 g/mol. The minimum atomic E-state index is -0.212. The van der Waals surface area contributed by atoms with Crippen LogP contribution in [0.3, 0.4) is 0 Å². The molecule has 0 bridgehead atoms. The van der Waals surface area contributed by atoms with E-state index in [0.29, 0.717) is 15.4 Å². The summed E-state index contributed by atoms with van der Waals surface area (Å²) < 4.78 is 0. The van der Waals surface area contributed by atoms with Crippen molar-refractivity contribution in [2.75, 3.05) is 5.75 Å². The zero-order chi connectivity index (χ0) is 14.8. The summed E-state index contributed by atoms with van der Waals surface area (Å²) in [5.74, 6) is 0.180. The number of carbonyl (C=O) groups is 1. The summed E-state index contributed by atoms with van der Waals surface area (Å²) in [6, 6.07) is 1.75. The summed E-state index contributed by atoms with van der Waals surface area (Å²) in [5.41, 5.74) is -0.371. The molecule has 0 spiro atoms. The maximum atomic E-state index is 11.8. The quantitative estimate of drug-likeness (QED) is 0.657. The van der Waals surface area contributed by atoms with Gasteiger partial charge in [0.1, 0.15) is 4.83 Å². The molecule has 1 amide bonds. The van der Waals surface area contributed by atoms with E-state index in [1.165, 1.54) is 23.1 Å². The summed E-state index contributed by atoms with van der Waals surface area (Å²) in [4.78, 5) is 31.3. The molecule has 0 aliphatic carbocycles. The van der Waals surface area contributed by atoms with Gasteiger partial charge in [-0.2, -0.15) is 0 Å². The number of amides is 1. The van der Waals surface area contributed by atoms with Crippen LogP contribution in [0.5, 0.6) is 0 Å². The monoisotopic (exact) mass is 311 g/mol. The summed E-state index contributed by atoms with van der Waals surface area (Å²) in [5, 5.41) is 5.85. The lowest BCUT2D eigenvalue weighted by Gasteiger charge is -2.24. The van der Waals surface area contributed by atoms with E-state index in [4.69, 9.17) is 0 Å². The molecule has 0 radical (unpaired) electrons. The van der Waals surface area contributed by atoms with E-state index in [0.717, 1.165) is 6.42 Å². The van der Waals surface area contributed by atoms with Gasteiger partial charge >= 0.3 is 0 Å². The Hall–Kier alpha value is -1.34. The van der Waals surface area contributed by atoms with Gasteiger partial charge in [0.15, 0.2) is 5.16 Å². The number of rotatable bonds is 5. The molecular weight excluding hydrogens is 294 g/mol. The average Bonchev–Trinajstić information content (AvgIpc) is 2.85. The van der Waals surface area contributed by atoms with Crippen molar-refractivity contribution < 1.29 is 4.79 Å². The van der Waals surface area contributed by atoms with E-state index in [1.807, 2.05) is 26.2 Å². The Balaban J connectivity index is 2.02. The predicted molar refractivity (Wildman–Crippen MR) is 83.5 cm³/mol. The molecule has 7 heteroatoms. The van der Waals surface area contributed by atoms with E-state index < -0.39 is 0 Å². The fourth-order valence-electron chi connectivity index (χ4n) is 1.55. The number of aromatic amines is 1. The molecule has 2 aromatic rings. The molecule has 5 nitrogen and oxygen atoms in total. The van der Waals surface area contributed by atoms with Crippen LogP contribution in [-0.2, 0) is 4.79 Å². The highest BCUT2D eigenvalue weighted by atomic mass is 32.2. The van der Waals surface area contributed by atoms with Gasteiger partial charge in [-0.1, -0.05) is 18.7 Å². The van der Waals surface area contributed by atoms with Crippen LogP contribution >= 0.6 is 23.1 Å². The molecule has 0 aliphatic heterocycles. The first kappa shape index (κ1) is 15.1. The first-order valence-corrected chi connectivity index (χ1v) is 8.19. The molecule has 0 aliphatic rings. The molecular formula is C13H17N3O2S2. The lowest BCUT2D eigenvalue weighted by atomic mass is 10.0.